The summed E-state index contributed by atoms with van der Waals surface area (Å²) in [5.74, 6) is 0.279. The molecular weight excluding hydrogens is 174 g/mol. The van der Waals surface area contributed by atoms with Crippen LogP contribution in [0.2, 0.25) is 0 Å². The van der Waals surface area contributed by atoms with Gasteiger partial charge in [-0.15, -0.1) is 11.6 Å². The maximum Gasteiger partial charge on any atom is 0.175 e. The maximum absolute atomic E-state index is 9.23. The Labute approximate surface area is 77.4 Å². The molecule has 1 N–H and O–H groups in total. The summed E-state index contributed by atoms with van der Waals surface area (Å²) >= 11 is 5.47. The summed E-state index contributed by atoms with van der Waals surface area (Å²) in [5, 5.41) is 9.23. The van der Waals surface area contributed by atoms with Gasteiger partial charge in [-0.3, -0.25) is 0 Å². The summed E-state index contributed by atoms with van der Waals surface area (Å²) < 4.78 is 1.92. The SMILES string of the molecule is Cc1cc[n+](CC(O)CCl)cc1. The summed E-state index contributed by atoms with van der Waals surface area (Å²) in [6.07, 6.45) is 3.41. The van der Waals surface area contributed by atoms with Gasteiger partial charge in [-0.05, 0) is 12.5 Å². The lowest BCUT2D eigenvalue weighted by atomic mass is 10.3. The average Bonchev–Trinajstić information content (AvgIpc) is 2.09. The monoisotopic (exact) mass is 186 g/mol. The number of nitrogens with zero attached hydrogens (tertiary/aromatic N) is 1. The Kier molecular flexibility index (Phi) is 3.50. The molecule has 12 heavy (non-hydrogen) atoms. The van der Waals surface area contributed by atoms with E-state index in [0.29, 0.717) is 6.54 Å². The average molecular weight is 187 g/mol. The smallest absolute Gasteiger partial charge is 0.175 e. The van der Waals surface area contributed by atoms with E-state index in [1.165, 1.54) is 5.56 Å². The summed E-state index contributed by atoms with van der Waals surface area (Å²) in [6.45, 7) is 2.59. The number of pyridine rings is 1. The molecule has 0 radical (unpaired) electrons. The Morgan fingerprint density at radius 2 is 2.08 bits per heavy atom. The fourth-order valence-corrected chi connectivity index (χ4v) is 1.04. The van der Waals surface area contributed by atoms with E-state index >= 15 is 0 Å². The van der Waals surface area contributed by atoms with Gasteiger partial charge in [-0.2, -0.15) is 0 Å². The predicted octanol–water partition coefficient (Wildman–Crippen LogP) is 0.882. The van der Waals surface area contributed by atoms with Gasteiger partial charge in [0.15, 0.2) is 18.9 Å². The van der Waals surface area contributed by atoms with Crippen molar-refractivity contribution in [3.63, 3.8) is 0 Å². The largest absolute Gasteiger partial charge is 0.385 e. The molecule has 1 rings (SSSR count). The standard InChI is InChI=1S/C9H13ClNO/c1-8-2-4-11(5-3-8)7-9(12)6-10/h2-5,9,12H,6-7H2,1H3/q+1. The molecule has 0 spiro atoms. The van der Waals surface area contributed by atoms with E-state index in [1.807, 2.05) is 36.0 Å². The molecule has 0 saturated heterocycles. The molecule has 0 bridgehead atoms. The molecule has 1 unspecified atom stereocenters. The van der Waals surface area contributed by atoms with Crippen molar-refractivity contribution in [3.05, 3.63) is 30.1 Å². The number of hydrogen-bond acceptors (Lipinski definition) is 1. The highest BCUT2D eigenvalue weighted by Gasteiger charge is 2.07. The zero-order chi connectivity index (χ0) is 8.97. The number of rotatable bonds is 3. The number of hydrogen-bond donors (Lipinski definition) is 1. The van der Waals surface area contributed by atoms with Gasteiger partial charge in [0.25, 0.3) is 0 Å². The van der Waals surface area contributed by atoms with Crippen LogP contribution in [0.3, 0.4) is 0 Å². The van der Waals surface area contributed by atoms with Crippen LogP contribution in [0, 0.1) is 6.92 Å². The van der Waals surface area contributed by atoms with Gasteiger partial charge in [-0.25, -0.2) is 4.57 Å². The molecule has 1 aromatic rings. The second-order valence-corrected chi connectivity index (χ2v) is 3.19. The van der Waals surface area contributed by atoms with E-state index in [2.05, 4.69) is 0 Å². The minimum absolute atomic E-state index is 0.279. The fraction of sp³-hybridized carbons (Fsp3) is 0.444. The normalized spacial score (nSPS) is 12.9. The molecule has 0 aromatic carbocycles. The highest BCUT2D eigenvalue weighted by Crippen LogP contribution is 1.92. The highest BCUT2D eigenvalue weighted by atomic mass is 35.5. The number of halogens is 1. The number of aliphatic hydroxyl groups is 1. The van der Waals surface area contributed by atoms with Crippen molar-refractivity contribution < 1.29 is 9.67 Å². The van der Waals surface area contributed by atoms with Crippen LogP contribution in [0.4, 0.5) is 0 Å². The molecule has 0 amide bonds. The zero-order valence-corrected chi connectivity index (χ0v) is 7.83. The number of aryl methyl sites for hydroxylation is 1. The second kappa shape index (κ2) is 4.43. The third kappa shape index (κ3) is 2.80. The van der Waals surface area contributed by atoms with Gasteiger partial charge >= 0.3 is 0 Å². The molecule has 0 saturated carbocycles. The lowest BCUT2D eigenvalue weighted by Gasteiger charge is -2.01. The van der Waals surface area contributed by atoms with Gasteiger partial charge in [0.1, 0.15) is 6.10 Å². The summed E-state index contributed by atoms with van der Waals surface area (Å²) in [6, 6.07) is 4.00. The van der Waals surface area contributed by atoms with Crippen LogP contribution in [0.15, 0.2) is 24.5 Å². The predicted molar refractivity (Wildman–Crippen MR) is 48.1 cm³/mol. The van der Waals surface area contributed by atoms with Gasteiger partial charge < -0.3 is 5.11 Å². The van der Waals surface area contributed by atoms with E-state index in [9.17, 15) is 5.11 Å². The minimum atomic E-state index is -0.459. The zero-order valence-electron chi connectivity index (χ0n) is 7.07. The third-order valence-corrected chi connectivity index (χ3v) is 2.01. The van der Waals surface area contributed by atoms with Crippen molar-refractivity contribution in [2.45, 2.75) is 19.6 Å². The molecule has 0 fully saturated rings. The van der Waals surface area contributed by atoms with Crippen LogP contribution in [-0.2, 0) is 6.54 Å². The molecule has 0 aliphatic carbocycles. The van der Waals surface area contributed by atoms with Crippen molar-refractivity contribution >= 4 is 11.6 Å². The van der Waals surface area contributed by atoms with Crippen molar-refractivity contribution in [1.82, 2.24) is 0 Å². The molecule has 66 valence electrons. The lowest BCUT2D eigenvalue weighted by molar-refractivity contribution is -0.703. The Morgan fingerprint density at radius 3 is 2.58 bits per heavy atom. The topological polar surface area (TPSA) is 24.1 Å². The Morgan fingerprint density at radius 1 is 1.50 bits per heavy atom. The summed E-state index contributed by atoms with van der Waals surface area (Å²) in [7, 11) is 0. The van der Waals surface area contributed by atoms with Crippen molar-refractivity contribution in [1.29, 1.82) is 0 Å². The molecule has 2 nitrogen and oxygen atoms in total. The number of alkyl halides is 1. The Balaban J connectivity index is 2.58. The van der Waals surface area contributed by atoms with Gasteiger partial charge in [0.05, 0.1) is 5.88 Å². The Hall–Kier alpha value is -0.600. The lowest BCUT2D eigenvalue weighted by Crippen LogP contribution is -2.39. The molecule has 1 aromatic heterocycles. The van der Waals surface area contributed by atoms with Gasteiger partial charge in [-0.1, -0.05) is 0 Å². The first kappa shape index (κ1) is 9.49. The van der Waals surface area contributed by atoms with E-state index in [-0.39, 0.29) is 5.88 Å². The quantitative estimate of drug-likeness (QED) is 0.550. The molecule has 0 aliphatic heterocycles. The number of aliphatic hydroxyl groups excluding tert-OH is 1. The first-order valence-corrected chi connectivity index (χ1v) is 4.45. The number of aromatic nitrogens is 1. The van der Waals surface area contributed by atoms with Crippen LogP contribution in [0.25, 0.3) is 0 Å². The summed E-state index contributed by atoms with van der Waals surface area (Å²) in [4.78, 5) is 0. The van der Waals surface area contributed by atoms with Crippen LogP contribution < -0.4 is 4.57 Å². The maximum atomic E-state index is 9.23. The summed E-state index contributed by atoms with van der Waals surface area (Å²) in [5.41, 5.74) is 1.21. The molecule has 1 atom stereocenters. The first-order valence-electron chi connectivity index (χ1n) is 3.92. The second-order valence-electron chi connectivity index (χ2n) is 2.88. The minimum Gasteiger partial charge on any atom is -0.385 e. The molecule has 3 heteroatoms. The van der Waals surface area contributed by atoms with E-state index < -0.39 is 6.10 Å². The van der Waals surface area contributed by atoms with Crippen LogP contribution in [0.5, 0.6) is 0 Å². The molecule has 1 heterocycles. The van der Waals surface area contributed by atoms with Crippen LogP contribution >= 0.6 is 11.6 Å². The van der Waals surface area contributed by atoms with Crippen molar-refractivity contribution in [3.8, 4) is 0 Å². The van der Waals surface area contributed by atoms with E-state index in [1.54, 1.807) is 0 Å². The van der Waals surface area contributed by atoms with Crippen molar-refractivity contribution in [2.24, 2.45) is 0 Å². The van der Waals surface area contributed by atoms with Crippen LogP contribution in [-0.4, -0.2) is 17.1 Å². The van der Waals surface area contributed by atoms with Gasteiger partial charge in [0, 0.05) is 12.1 Å². The third-order valence-electron chi connectivity index (χ3n) is 1.66. The van der Waals surface area contributed by atoms with Gasteiger partial charge in [0.2, 0.25) is 0 Å². The molecule has 0 aliphatic rings. The van der Waals surface area contributed by atoms with E-state index in [0.717, 1.165) is 0 Å². The first-order chi connectivity index (χ1) is 5.72. The highest BCUT2D eigenvalue weighted by molar-refractivity contribution is 6.18. The Bertz CT molecular complexity index is 235. The molecular formula is C9H13ClNO+. The van der Waals surface area contributed by atoms with Crippen molar-refractivity contribution in [2.75, 3.05) is 5.88 Å². The van der Waals surface area contributed by atoms with E-state index in [4.69, 9.17) is 11.6 Å². The van der Waals surface area contributed by atoms with Crippen LogP contribution in [0.1, 0.15) is 5.56 Å². The fourth-order valence-electron chi connectivity index (χ4n) is 0.946.